The zero-order chi connectivity index (χ0) is 12.8. The van der Waals surface area contributed by atoms with Crippen LogP contribution in [0.3, 0.4) is 0 Å². The summed E-state index contributed by atoms with van der Waals surface area (Å²) >= 11 is 0. The molecular weight excluding hydrogens is 224 g/mol. The molecule has 0 aromatic rings. The highest BCUT2D eigenvalue weighted by atomic mass is 16.3. The molecule has 106 valence electrons. The minimum absolute atomic E-state index is 0.114. The first-order valence-corrected chi connectivity index (χ1v) is 7.89. The van der Waals surface area contributed by atoms with Gasteiger partial charge in [-0.25, -0.2) is 0 Å². The van der Waals surface area contributed by atoms with Gasteiger partial charge in [-0.05, 0) is 52.2 Å². The third-order valence-corrected chi connectivity index (χ3v) is 4.79. The lowest BCUT2D eigenvalue weighted by Gasteiger charge is -2.33. The lowest BCUT2D eigenvalue weighted by atomic mass is 9.99. The summed E-state index contributed by atoms with van der Waals surface area (Å²) < 4.78 is 0. The third-order valence-electron chi connectivity index (χ3n) is 4.79. The van der Waals surface area contributed by atoms with E-state index in [0.29, 0.717) is 6.04 Å². The molecule has 0 aromatic heterocycles. The standard InChI is InChI=1S/C15H30N2O/c1-17-12-6-5-7-13(17)10-11-16-14-8-3-2-4-9-15(14)18/h13-16,18H,2-12H2,1H3. The molecule has 3 unspecified atom stereocenters. The van der Waals surface area contributed by atoms with E-state index in [-0.39, 0.29) is 6.10 Å². The van der Waals surface area contributed by atoms with Crippen LogP contribution in [0.25, 0.3) is 0 Å². The minimum atomic E-state index is -0.114. The molecule has 2 aliphatic rings. The predicted octanol–water partition coefficient (Wildman–Crippen LogP) is 2.14. The van der Waals surface area contributed by atoms with E-state index in [4.69, 9.17) is 0 Å². The molecule has 1 saturated heterocycles. The highest BCUT2D eigenvalue weighted by molar-refractivity contribution is 4.81. The van der Waals surface area contributed by atoms with Crippen molar-refractivity contribution in [3.05, 3.63) is 0 Å². The SMILES string of the molecule is CN1CCCCC1CCNC1CCCCCC1O. The quantitative estimate of drug-likeness (QED) is 0.755. The van der Waals surface area contributed by atoms with Crippen LogP contribution < -0.4 is 5.32 Å². The molecule has 0 radical (unpaired) electrons. The molecule has 1 aliphatic carbocycles. The van der Waals surface area contributed by atoms with Crippen LogP contribution in [0, 0.1) is 0 Å². The first kappa shape index (κ1) is 14.3. The highest BCUT2D eigenvalue weighted by Gasteiger charge is 2.22. The van der Waals surface area contributed by atoms with Crippen LogP contribution in [0.15, 0.2) is 0 Å². The number of hydrogen-bond acceptors (Lipinski definition) is 3. The van der Waals surface area contributed by atoms with Crippen molar-refractivity contribution in [1.29, 1.82) is 0 Å². The van der Waals surface area contributed by atoms with Gasteiger partial charge in [0, 0.05) is 12.1 Å². The van der Waals surface area contributed by atoms with Crippen molar-refractivity contribution < 1.29 is 5.11 Å². The van der Waals surface area contributed by atoms with Crippen LogP contribution in [0.4, 0.5) is 0 Å². The summed E-state index contributed by atoms with van der Waals surface area (Å²) in [4.78, 5) is 2.51. The van der Waals surface area contributed by atoms with E-state index in [9.17, 15) is 5.11 Å². The van der Waals surface area contributed by atoms with Gasteiger partial charge in [0.1, 0.15) is 0 Å². The van der Waals surface area contributed by atoms with E-state index in [1.807, 2.05) is 0 Å². The summed E-state index contributed by atoms with van der Waals surface area (Å²) in [5.41, 5.74) is 0. The second kappa shape index (κ2) is 7.46. The fraction of sp³-hybridized carbons (Fsp3) is 1.00. The minimum Gasteiger partial charge on any atom is -0.392 e. The molecule has 0 amide bonds. The molecule has 2 N–H and O–H groups in total. The Morgan fingerprint density at radius 2 is 1.83 bits per heavy atom. The summed E-state index contributed by atoms with van der Waals surface area (Å²) in [6.45, 7) is 2.33. The molecule has 18 heavy (non-hydrogen) atoms. The normalized spacial score (nSPS) is 35.3. The van der Waals surface area contributed by atoms with Crippen LogP contribution >= 0.6 is 0 Å². The van der Waals surface area contributed by atoms with Gasteiger partial charge in [0.15, 0.2) is 0 Å². The van der Waals surface area contributed by atoms with Crippen molar-refractivity contribution in [2.45, 2.75) is 76.0 Å². The smallest absolute Gasteiger partial charge is 0.0693 e. The molecule has 1 saturated carbocycles. The number of aliphatic hydroxyl groups excluding tert-OH is 1. The van der Waals surface area contributed by atoms with Crippen molar-refractivity contribution in [1.82, 2.24) is 10.2 Å². The number of rotatable bonds is 4. The Hall–Kier alpha value is -0.120. The zero-order valence-electron chi connectivity index (χ0n) is 11.9. The Morgan fingerprint density at radius 1 is 1.06 bits per heavy atom. The molecule has 2 rings (SSSR count). The van der Waals surface area contributed by atoms with Crippen molar-refractivity contribution >= 4 is 0 Å². The third kappa shape index (κ3) is 4.22. The van der Waals surface area contributed by atoms with Crippen molar-refractivity contribution in [2.24, 2.45) is 0 Å². The molecule has 1 aliphatic heterocycles. The van der Waals surface area contributed by atoms with Crippen molar-refractivity contribution in [2.75, 3.05) is 20.1 Å². The second-order valence-corrected chi connectivity index (χ2v) is 6.18. The predicted molar refractivity (Wildman–Crippen MR) is 75.8 cm³/mol. The number of piperidine rings is 1. The zero-order valence-corrected chi connectivity index (χ0v) is 11.9. The van der Waals surface area contributed by atoms with Crippen LogP contribution in [0.5, 0.6) is 0 Å². The van der Waals surface area contributed by atoms with E-state index < -0.39 is 0 Å². The van der Waals surface area contributed by atoms with Gasteiger partial charge in [-0.2, -0.15) is 0 Å². The number of nitrogens with zero attached hydrogens (tertiary/aromatic N) is 1. The molecule has 3 atom stereocenters. The monoisotopic (exact) mass is 254 g/mol. The number of nitrogens with one attached hydrogen (secondary N) is 1. The molecule has 3 heteroatoms. The van der Waals surface area contributed by atoms with E-state index in [1.54, 1.807) is 0 Å². The molecule has 1 heterocycles. The lowest BCUT2D eigenvalue weighted by molar-refractivity contribution is 0.116. The number of likely N-dealkylation sites (tertiary alicyclic amines) is 1. The van der Waals surface area contributed by atoms with Crippen LogP contribution in [-0.2, 0) is 0 Å². The summed E-state index contributed by atoms with van der Waals surface area (Å²) in [6, 6.07) is 1.11. The van der Waals surface area contributed by atoms with Crippen LogP contribution in [-0.4, -0.2) is 48.3 Å². The molecule has 0 bridgehead atoms. The molecule has 3 nitrogen and oxygen atoms in total. The fourth-order valence-electron chi connectivity index (χ4n) is 3.47. The van der Waals surface area contributed by atoms with Gasteiger partial charge in [-0.15, -0.1) is 0 Å². The van der Waals surface area contributed by atoms with Crippen LogP contribution in [0.1, 0.15) is 57.8 Å². The fourth-order valence-corrected chi connectivity index (χ4v) is 3.47. The summed E-state index contributed by atoms with van der Waals surface area (Å²) in [5, 5.41) is 13.7. The maximum absolute atomic E-state index is 10.1. The second-order valence-electron chi connectivity index (χ2n) is 6.18. The topological polar surface area (TPSA) is 35.5 Å². The first-order valence-electron chi connectivity index (χ1n) is 7.89. The summed E-state index contributed by atoms with van der Waals surface area (Å²) in [7, 11) is 2.25. The van der Waals surface area contributed by atoms with E-state index in [0.717, 1.165) is 25.4 Å². The summed E-state index contributed by atoms with van der Waals surface area (Å²) in [5.74, 6) is 0. The van der Waals surface area contributed by atoms with Gasteiger partial charge in [-0.3, -0.25) is 0 Å². The average molecular weight is 254 g/mol. The van der Waals surface area contributed by atoms with Crippen LogP contribution in [0.2, 0.25) is 0 Å². The van der Waals surface area contributed by atoms with Gasteiger partial charge in [0.2, 0.25) is 0 Å². The lowest BCUT2D eigenvalue weighted by Crippen LogP contribution is -2.43. The highest BCUT2D eigenvalue weighted by Crippen LogP contribution is 2.19. The largest absolute Gasteiger partial charge is 0.392 e. The van der Waals surface area contributed by atoms with Crippen molar-refractivity contribution in [3.8, 4) is 0 Å². The number of aliphatic hydroxyl groups is 1. The Kier molecular flexibility index (Phi) is 5.93. The average Bonchev–Trinajstić information content (AvgIpc) is 2.57. The Morgan fingerprint density at radius 3 is 2.67 bits per heavy atom. The maximum Gasteiger partial charge on any atom is 0.0693 e. The van der Waals surface area contributed by atoms with Gasteiger partial charge < -0.3 is 15.3 Å². The molecule has 0 spiro atoms. The van der Waals surface area contributed by atoms with Gasteiger partial charge >= 0.3 is 0 Å². The Bertz CT molecular complexity index is 235. The molecule has 0 aromatic carbocycles. The molecule has 2 fully saturated rings. The van der Waals surface area contributed by atoms with Gasteiger partial charge in [-0.1, -0.05) is 25.7 Å². The van der Waals surface area contributed by atoms with Gasteiger partial charge in [0.05, 0.1) is 6.10 Å². The van der Waals surface area contributed by atoms with E-state index in [2.05, 4.69) is 17.3 Å². The summed E-state index contributed by atoms with van der Waals surface area (Å²) in [6.07, 6.45) is 11.1. The Labute approximate surface area is 112 Å². The number of hydrogen-bond donors (Lipinski definition) is 2. The maximum atomic E-state index is 10.1. The van der Waals surface area contributed by atoms with E-state index in [1.165, 1.54) is 51.5 Å². The first-order chi connectivity index (χ1) is 8.77. The van der Waals surface area contributed by atoms with Gasteiger partial charge in [0.25, 0.3) is 0 Å². The Balaban J connectivity index is 1.67. The van der Waals surface area contributed by atoms with Crippen molar-refractivity contribution in [3.63, 3.8) is 0 Å². The van der Waals surface area contributed by atoms with E-state index >= 15 is 0 Å². The molecular formula is C15H30N2O.